The smallest absolute Gasteiger partial charge is 0.322 e. The largest absolute Gasteiger partial charge is 0.468 e. The molecule has 0 aromatic rings. The van der Waals surface area contributed by atoms with Gasteiger partial charge in [-0.15, -0.1) is 24.8 Å². The van der Waals surface area contributed by atoms with Crippen molar-refractivity contribution in [1.82, 2.24) is 10.2 Å². The maximum absolute atomic E-state index is 11.3. The molecule has 1 fully saturated rings. The lowest BCUT2D eigenvalue weighted by atomic mass is 10.2. The number of nitrogens with one attached hydrogen (secondary N) is 1. The predicted octanol–water partition coefficient (Wildman–Crippen LogP) is 0.313. The van der Waals surface area contributed by atoms with Gasteiger partial charge in [0, 0.05) is 19.6 Å². The summed E-state index contributed by atoms with van der Waals surface area (Å²) in [5, 5.41) is 2.96. The Hall–Kier alpha value is -0.0700. The molecule has 1 atom stereocenters. The molecule has 0 saturated carbocycles. The number of rotatable bonds is 5. The molecule has 1 aliphatic rings. The molecule has 0 spiro atoms. The number of hydrogen-bond acceptors (Lipinski definition) is 5. The van der Waals surface area contributed by atoms with Gasteiger partial charge in [-0.05, 0) is 13.5 Å². The van der Waals surface area contributed by atoms with Gasteiger partial charge < -0.3 is 14.8 Å². The third-order valence-corrected chi connectivity index (χ3v) is 2.67. The number of morpholine rings is 1. The van der Waals surface area contributed by atoms with Crippen molar-refractivity contribution in [2.75, 3.05) is 47.0 Å². The Kier molecular flexibility index (Phi) is 12.5. The van der Waals surface area contributed by atoms with Crippen molar-refractivity contribution >= 4 is 30.8 Å². The lowest BCUT2D eigenvalue weighted by molar-refractivity contribution is -0.143. The Morgan fingerprint density at radius 3 is 2.47 bits per heavy atom. The number of methoxy groups -OCH3 is 1. The Labute approximate surface area is 115 Å². The molecule has 1 rings (SSSR count). The summed E-state index contributed by atoms with van der Waals surface area (Å²) in [6.45, 7) is 4.41. The molecule has 1 aliphatic heterocycles. The topological polar surface area (TPSA) is 50.8 Å². The second-order valence-electron chi connectivity index (χ2n) is 3.61. The van der Waals surface area contributed by atoms with E-state index in [1.165, 1.54) is 7.11 Å². The molecule has 7 heteroatoms. The van der Waals surface area contributed by atoms with Gasteiger partial charge in [0.25, 0.3) is 0 Å². The van der Waals surface area contributed by atoms with E-state index in [-0.39, 0.29) is 36.8 Å². The van der Waals surface area contributed by atoms with Crippen molar-refractivity contribution in [3.05, 3.63) is 0 Å². The Morgan fingerprint density at radius 1 is 1.41 bits per heavy atom. The summed E-state index contributed by atoms with van der Waals surface area (Å²) in [4.78, 5) is 13.6. The van der Waals surface area contributed by atoms with E-state index in [9.17, 15) is 4.79 Å². The molecule has 0 radical (unpaired) electrons. The molecule has 0 aromatic carbocycles. The van der Waals surface area contributed by atoms with E-state index in [4.69, 9.17) is 9.47 Å². The summed E-state index contributed by atoms with van der Waals surface area (Å²) in [6.07, 6.45) is 0.781. The number of carbonyl (C=O) groups excluding carboxylic acids is 1. The third kappa shape index (κ3) is 7.06. The number of hydrogen-bond donors (Lipinski definition) is 1. The second-order valence-corrected chi connectivity index (χ2v) is 3.61. The molecule has 5 nitrogen and oxygen atoms in total. The van der Waals surface area contributed by atoms with E-state index >= 15 is 0 Å². The van der Waals surface area contributed by atoms with Crippen LogP contribution in [0, 0.1) is 0 Å². The zero-order valence-electron chi connectivity index (χ0n) is 10.3. The van der Waals surface area contributed by atoms with Crippen LogP contribution in [0.1, 0.15) is 6.42 Å². The maximum Gasteiger partial charge on any atom is 0.322 e. The van der Waals surface area contributed by atoms with E-state index in [0.717, 1.165) is 39.3 Å². The summed E-state index contributed by atoms with van der Waals surface area (Å²) in [6, 6.07) is -0.196. The average molecular weight is 289 g/mol. The van der Waals surface area contributed by atoms with E-state index < -0.39 is 0 Å². The summed E-state index contributed by atoms with van der Waals surface area (Å²) in [7, 11) is 3.20. The highest BCUT2D eigenvalue weighted by Crippen LogP contribution is 2.01. The third-order valence-electron chi connectivity index (χ3n) is 2.67. The molecule has 0 amide bonds. The van der Waals surface area contributed by atoms with Crippen LogP contribution in [0.2, 0.25) is 0 Å². The monoisotopic (exact) mass is 288 g/mol. The number of esters is 1. The minimum Gasteiger partial charge on any atom is -0.468 e. The summed E-state index contributed by atoms with van der Waals surface area (Å²) in [5.41, 5.74) is 0. The minimum atomic E-state index is -0.196. The first-order valence-corrected chi connectivity index (χ1v) is 5.33. The summed E-state index contributed by atoms with van der Waals surface area (Å²) in [5.74, 6) is -0.189. The molecular formula is C10H22Cl2N2O3. The van der Waals surface area contributed by atoms with Crippen molar-refractivity contribution in [2.24, 2.45) is 0 Å². The molecule has 1 saturated heterocycles. The van der Waals surface area contributed by atoms with Crippen molar-refractivity contribution in [1.29, 1.82) is 0 Å². The van der Waals surface area contributed by atoms with E-state index in [1.807, 2.05) is 0 Å². The van der Waals surface area contributed by atoms with Crippen molar-refractivity contribution in [2.45, 2.75) is 12.5 Å². The van der Waals surface area contributed by atoms with Crippen LogP contribution in [-0.2, 0) is 14.3 Å². The van der Waals surface area contributed by atoms with E-state index in [0.29, 0.717) is 0 Å². The minimum absolute atomic E-state index is 0. The zero-order valence-corrected chi connectivity index (χ0v) is 11.9. The van der Waals surface area contributed by atoms with Gasteiger partial charge in [0.2, 0.25) is 0 Å². The van der Waals surface area contributed by atoms with Crippen molar-refractivity contribution in [3.63, 3.8) is 0 Å². The summed E-state index contributed by atoms with van der Waals surface area (Å²) < 4.78 is 9.95. The second kappa shape index (κ2) is 11.0. The number of nitrogens with zero attached hydrogens (tertiary/aromatic N) is 1. The zero-order chi connectivity index (χ0) is 11.1. The first-order chi connectivity index (χ1) is 7.27. The van der Waals surface area contributed by atoms with Gasteiger partial charge >= 0.3 is 5.97 Å². The Balaban J connectivity index is 0. The van der Waals surface area contributed by atoms with Crippen LogP contribution >= 0.6 is 24.8 Å². The van der Waals surface area contributed by atoms with Crippen molar-refractivity contribution in [3.8, 4) is 0 Å². The van der Waals surface area contributed by atoms with Gasteiger partial charge in [-0.2, -0.15) is 0 Å². The van der Waals surface area contributed by atoms with Gasteiger partial charge in [0.15, 0.2) is 0 Å². The Bertz CT molecular complexity index is 202. The fraction of sp³-hybridized carbons (Fsp3) is 0.900. The van der Waals surface area contributed by atoms with Crippen LogP contribution < -0.4 is 5.32 Å². The highest BCUT2D eigenvalue weighted by Gasteiger charge is 2.18. The quantitative estimate of drug-likeness (QED) is 0.738. The SMILES string of the molecule is CNC(CCN1CCOCC1)C(=O)OC.Cl.Cl. The summed E-state index contributed by atoms with van der Waals surface area (Å²) >= 11 is 0. The number of ether oxygens (including phenoxy) is 2. The first kappa shape index (κ1) is 19.3. The first-order valence-electron chi connectivity index (χ1n) is 5.33. The van der Waals surface area contributed by atoms with Gasteiger partial charge in [-0.3, -0.25) is 9.69 Å². The van der Waals surface area contributed by atoms with Crippen LogP contribution in [0.3, 0.4) is 0 Å². The van der Waals surface area contributed by atoms with Crippen LogP contribution in [0.4, 0.5) is 0 Å². The molecule has 0 aromatic heterocycles. The number of carbonyl (C=O) groups is 1. The standard InChI is InChI=1S/C10H20N2O3.2ClH/c1-11-9(10(13)14-2)3-4-12-5-7-15-8-6-12;;/h9,11H,3-8H2,1-2H3;2*1H. The molecule has 1 N–H and O–H groups in total. The number of halogens is 2. The van der Waals surface area contributed by atoms with Crippen molar-refractivity contribution < 1.29 is 14.3 Å². The fourth-order valence-corrected chi connectivity index (χ4v) is 1.66. The normalized spacial score (nSPS) is 17.5. The van der Waals surface area contributed by atoms with E-state index in [2.05, 4.69) is 10.2 Å². The maximum atomic E-state index is 11.3. The van der Waals surface area contributed by atoms with Gasteiger partial charge in [-0.25, -0.2) is 0 Å². The molecule has 0 bridgehead atoms. The molecule has 1 unspecified atom stereocenters. The highest BCUT2D eigenvalue weighted by atomic mass is 35.5. The van der Waals surface area contributed by atoms with Gasteiger partial charge in [0.05, 0.1) is 20.3 Å². The molecule has 104 valence electrons. The average Bonchev–Trinajstić information content (AvgIpc) is 2.31. The van der Waals surface area contributed by atoms with Crippen LogP contribution in [0.15, 0.2) is 0 Å². The lowest BCUT2D eigenvalue weighted by Crippen LogP contribution is -2.42. The lowest BCUT2D eigenvalue weighted by Gasteiger charge is -2.27. The predicted molar refractivity (Wildman–Crippen MR) is 71.2 cm³/mol. The van der Waals surface area contributed by atoms with Gasteiger partial charge in [-0.1, -0.05) is 0 Å². The van der Waals surface area contributed by atoms with Crippen LogP contribution in [-0.4, -0.2) is 63.9 Å². The van der Waals surface area contributed by atoms with Crippen LogP contribution in [0.25, 0.3) is 0 Å². The van der Waals surface area contributed by atoms with E-state index in [1.54, 1.807) is 7.05 Å². The fourth-order valence-electron chi connectivity index (χ4n) is 1.66. The molecule has 1 heterocycles. The van der Waals surface area contributed by atoms with Gasteiger partial charge in [0.1, 0.15) is 6.04 Å². The highest BCUT2D eigenvalue weighted by molar-refractivity contribution is 5.85. The molecule has 17 heavy (non-hydrogen) atoms. The van der Waals surface area contributed by atoms with Crippen LogP contribution in [0.5, 0.6) is 0 Å². The molecular weight excluding hydrogens is 267 g/mol. The molecule has 0 aliphatic carbocycles. The Morgan fingerprint density at radius 2 is 2.00 bits per heavy atom. The number of likely N-dealkylation sites (N-methyl/N-ethyl adjacent to an activating group) is 1.